The lowest BCUT2D eigenvalue weighted by atomic mass is 9.91. The lowest BCUT2D eigenvalue weighted by Crippen LogP contribution is -2.47. The van der Waals surface area contributed by atoms with Gasteiger partial charge in [0.2, 0.25) is 17.8 Å². The van der Waals surface area contributed by atoms with Crippen LogP contribution in [-0.4, -0.2) is 101 Å². The molecular formula is C40H50ClN9O2. The Kier molecular flexibility index (Phi) is 10.6. The second-order valence-electron chi connectivity index (χ2n) is 15.2. The lowest BCUT2D eigenvalue weighted by Gasteiger charge is -2.38. The number of fused-ring (bicyclic) bond motifs is 1. The quantitative estimate of drug-likeness (QED) is 0.138. The second-order valence-corrected chi connectivity index (χ2v) is 15.6. The van der Waals surface area contributed by atoms with Gasteiger partial charge in [-0.1, -0.05) is 29.8 Å². The minimum absolute atomic E-state index is 0.188. The van der Waals surface area contributed by atoms with Crippen LogP contribution in [0.25, 0.3) is 22.2 Å². The van der Waals surface area contributed by atoms with Gasteiger partial charge >= 0.3 is 0 Å². The zero-order valence-corrected chi connectivity index (χ0v) is 30.6. The summed E-state index contributed by atoms with van der Waals surface area (Å²) in [6.45, 7) is 9.15. The summed E-state index contributed by atoms with van der Waals surface area (Å²) in [7, 11) is 0. The van der Waals surface area contributed by atoms with Gasteiger partial charge in [0.1, 0.15) is 6.04 Å². The van der Waals surface area contributed by atoms with Crippen LogP contribution in [0.2, 0.25) is 5.02 Å². The van der Waals surface area contributed by atoms with E-state index in [9.17, 15) is 9.59 Å². The molecule has 2 aromatic heterocycles. The Morgan fingerprint density at radius 3 is 2.42 bits per heavy atom. The van der Waals surface area contributed by atoms with Crippen molar-refractivity contribution < 1.29 is 9.59 Å². The number of nitrogens with one attached hydrogen (secondary N) is 4. The van der Waals surface area contributed by atoms with E-state index in [0.717, 1.165) is 78.8 Å². The monoisotopic (exact) mass is 723 g/mol. The molecule has 11 nitrogen and oxygen atoms in total. The number of nitrogens with zero attached hydrogens (tertiary/aromatic N) is 5. The molecular weight excluding hydrogens is 674 g/mol. The Bertz CT molecular complexity index is 1850. The molecule has 0 radical (unpaired) electrons. The van der Waals surface area contributed by atoms with Crippen molar-refractivity contribution in [3.05, 3.63) is 65.9 Å². The first-order valence-electron chi connectivity index (χ1n) is 19.2. The van der Waals surface area contributed by atoms with Crippen LogP contribution in [0.3, 0.4) is 0 Å². The van der Waals surface area contributed by atoms with Gasteiger partial charge in [-0.25, -0.2) is 9.97 Å². The number of para-hydroxylation sites is 1. The number of carbonyl (C=O) groups excluding carboxylic acids is 2. The highest BCUT2D eigenvalue weighted by atomic mass is 35.5. The number of H-pyrrole nitrogens is 1. The summed E-state index contributed by atoms with van der Waals surface area (Å²) < 4.78 is 0. The predicted molar refractivity (Wildman–Crippen MR) is 208 cm³/mol. The van der Waals surface area contributed by atoms with Gasteiger partial charge in [-0.3, -0.25) is 14.9 Å². The van der Waals surface area contributed by atoms with Crippen LogP contribution in [0, 0.1) is 11.8 Å². The van der Waals surface area contributed by atoms with E-state index < -0.39 is 0 Å². The molecule has 2 aromatic carbocycles. The van der Waals surface area contributed by atoms with E-state index in [-0.39, 0.29) is 17.9 Å². The average molecular weight is 724 g/mol. The standard InChI is InChI=1S/C40H50ClN9O2/c41-34-24-43-40(47-38(34)33-23-42-35-4-2-1-3-32(33)35)45-30-16-20-49(26-30)19-13-27-11-17-48(18-12-27)25-28-14-21-50(22-15-28)31-7-5-29(6-8-31)44-36-9-10-37(51)46-39(36)52/h1-8,23-24,27-28,30,36,42,44H,9-22,25-26H2,(H,43,45,47)(H,46,51,52). The predicted octanol–water partition coefficient (Wildman–Crippen LogP) is 6.00. The van der Waals surface area contributed by atoms with E-state index in [0.29, 0.717) is 29.9 Å². The number of imide groups is 1. The summed E-state index contributed by atoms with van der Waals surface area (Å²) >= 11 is 6.56. The highest BCUT2D eigenvalue weighted by Crippen LogP contribution is 2.33. The Balaban J connectivity index is 0.726. The molecule has 2 amide bonds. The normalized spacial score (nSPS) is 22.6. The molecule has 4 aliphatic heterocycles. The number of hydrogen-bond donors (Lipinski definition) is 4. The van der Waals surface area contributed by atoms with Crippen LogP contribution in [0.4, 0.5) is 17.3 Å². The molecule has 2 atom stereocenters. The Morgan fingerprint density at radius 1 is 0.846 bits per heavy atom. The van der Waals surface area contributed by atoms with Crippen molar-refractivity contribution in [1.82, 2.24) is 30.1 Å². The third kappa shape index (κ3) is 8.22. The van der Waals surface area contributed by atoms with Gasteiger partial charge in [0.25, 0.3) is 0 Å². The van der Waals surface area contributed by atoms with E-state index >= 15 is 0 Å². The molecule has 0 spiro atoms. The van der Waals surface area contributed by atoms with Crippen molar-refractivity contribution >= 4 is 51.6 Å². The maximum Gasteiger partial charge on any atom is 0.249 e. The van der Waals surface area contributed by atoms with Crippen molar-refractivity contribution in [2.24, 2.45) is 11.8 Å². The van der Waals surface area contributed by atoms with E-state index in [1.807, 2.05) is 30.5 Å². The SMILES string of the molecule is O=C1CCC(Nc2ccc(N3CCC(CN4CCC(CCN5CCC(Nc6ncc(Cl)c(-c7c[nH]c8ccccc78)n6)C5)CC4)CC3)cc2)C(=O)N1. The van der Waals surface area contributed by atoms with Crippen LogP contribution >= 0.6 is 11.6 Å². The fourth-order valence-electron chi connectivity index (χ4n) is 8.59. The molecule has 6 heterocycles. The van der Waals surface area contributed by atoms with Gasteiger partial charge in [-0.15, -0.1) is 0 Å². The van der Waals surface area contributed by atoms with Crippen LogP contribution in [0.15, 0.2) is 60.9 Å². The van der Waals surface area contributed by atoms with E-state index in [4.69, 9.17) is 16.6 Å². The smallest absolute Gasteiger partial charge is 0.249 e. The maximum absolute atomic E-state index is 12.1. The number of hydrogen-bond acceptors (Lipinski definition) is 9. The number of carbonyl (C=O) groups is 2. The molecule has 8 rings (SSSR count). The van der Waals surface area contributed by atoms with Gasteiger partial charge < -0.3 is 30.3 Å². The summed E-state index contributed by atoms with van der Waals surface area (Å²) in [5.74, 6) is 1.80. The molecule has 4 saturated heterocycles. The number of amides is 2. The van der Waals surface area contributed by atoms with Gasteiger partial charge in [-0.05, 0) is 107 Å². The zero-order chi connectivity index (χ0) is 35.4. The Hall–Kier alpha value is -4.19. The van der Waals surface area contributed by atoms with Crippen LogP contribution in [0.1, 0.15) is 51.4 Å². The molecule has 52 heavy (non-hydrogen) atoms. The molecule has 4 N–H and O–H groups in total. The summed E-state index contributed by atoms with van der Waals surface area (Å²) in [5, 5.41) is 11.0. The number of aromatic amines is 1. The van der Waals surface area contributed by atoms with E-state index in [2.05, 4.69) is 64.9 Å². The molecule has 4 fully saturated rings. The summed E-state index contributed by atoms with van der Waals surface area (Å²) in [4.78, 5) is 44.0. The highest BCUT2D eigenvalue weighted by molar-refractivity contribution is 6.33. The third-order valence-electron chi connectivity index (χ3n) is 11.7. The zero-order valence-electron chi connectivity index (χ0n) is 29.8. The minimum Gasteiger partial charge on any atom is -0.374 e. The number of rotatable bonds is 11. The topological polar surface area (TPSA) is 122 Å². The van der Waals surface area contributed by atoms with Crippen LogP contribution in [-0.2, 0) is 9.59 Å². The first-order chi connectivity index (χ1) is 25.4. The number of aromatic nitrogens is 3. The highest BCUT2D eigenvalue weighted by Gasteiger charge is 2.29. The van der Waals surface area contributed by atoms with Crippen molar-refractivity contribution in [3.63, 3.8) is 0 Å². The van der Waals surface area contributed by atoms with Crippen molar-refractivity contribution in [3.8, 4) is 11.3 Å². The summed E-state index contributed by atoms with van der Waals surface area (Å²) in [6.07, 6.45) is 12.1. The first-order valence-corrected chi connectivity index (χ1v) is 19.6. The molecule has 0 bridgehead atoms. The number of halogens is 1. The van der Waals surface area contributed by atoms with Gasteiger partial charge in [0.05, 0.1) is 16.9 Å². The summed E-state index contributed by atoms with van der Waals surface area (Å²) in [5.41, 5.74) is 4.98. The number of likely N-dealkylation sites (tertiary alicyclic amines) is 2. The molecule has 0 saturated carbocycles. The van der Waals surface area contributed by atoms with E-state index in [1.165, 1.54) is 57.4 Å². The lowest BCUT2D eigenvalue weighted by molar-refractivity contribution is -0.133. The van der Waals surface area contributed by atoms with Crippen molar-refractivity contribution in [2.75, 3.05) is 67.9 Å². The molecule has 0 aliphatic carbocycles. The van der Waals surface area contributed by atoms with Crippen LogP contribution in [0.5, 0.6) is 0 Å². The number of piperidine rings is 3. The van der Waals surface area contributed by atoms with Crippen LogP contribution < -0.4 is 20.9 Å². The Labute approximate surface area is 310 Å². The third-order valence-corrected chi connectivity index (χ3v) is 12.0. The molecule has 4 aliphatic rings. The minimum atomic E-state index is -0.352. The largest absolute Gasteiger partial charge is 0.374 e. The molecule has 274 valence electrons. The van der Waals surface area contributed by atoms with E-state index in [1.54, 1.807) is 6.20 Å². The fraction of sp³-hybridized carbons (Fsp3) is 0.500. The van der Waals surface area contributed by atoms with Gasteiger partial charge in [0.15, 0.2) is 0 Å². The average Bonchev–Trinajstić information content (AvgIpc) is 3.81. The van der Waals surface area contributed by atoms with Crippen molar-refractivity contribution in [1.29, 1.82) is 0 Å². The molecule has 2 unspecified atom stereocenters. The second kappa shape index (κ2) is 15.8. The number of anilines is 3. The first kappa shape index (κ1) is 34.9. The van der Waals surface area contributed by atoms with Gasteiger partial charge in [0, 0.05) is 79.2 Å². The number of benzene rings is 2. The summed E-state index contributed by atoms with van der Waals surface area (Å²) in [6, 6.07) is 16.6. The van der Waals surface area contributed by atoms with Crippen molar-refractivity contribution in [2.45, 2.75) is 63.5 Å². The molecule has 4 aromatic rings. The maximum atomic E-state index is 12.1. The Morgan fingerprint density at radius 2 is 1.62 bits per heavy atom. The molecule has 12 heteroatoms. The van der Waals surface area contributed by atoms with Gasteiger partial charge in [-0.2, -0.15) is 0 Å². The fourth-order valence-corrected chi connectivity index (χ4v) is 8.78.